The number of nitrogens with one attached hydrogen (secondary N) is 1. The summed E-state index contributed by atoms with van der Waals surface area (Å²) in [5.41, 5.74) is 0.594. The lowest BCUT2D eigenvalue weighted by Crippen LogP contribution is -2.35. The van der Waals surface area contributed by atoms with E-state index >= 15 is 0 Å². The van der Waals surface area contributed by atoms with E-state index in [2.05, 4.69) is 5.32 Å². The smallest absolute Gasteiger partial charge is 0.236 e. The fraction of sp³-hybridized carbons (Fsp3) is 0.462. The second-order valence-corrected chi connectivity index (χ2v) is 5.71. The Kier molecular flexibility index (Phi) is 4.24. The highest BCUT2D eigenvalue weighted by Gasteiger charge is 2.38. The van der Waals surface area contributed by atoms with E-state index < -0.39 is 0 Å². The van der Waals surface area contributed by atoms with Crippen molar-refractivity contribution in [2.75, 3.05) is 20.1 Å². The molecule has 5 heteroatoms. The number of amides is 1. The van der Waals surface area contributed by atoms with Gasteiger partial charge in [0.15, 0.2) is 0 Å². The minimum absolute atomic E-state index is 0.0866. The van der Waals surface area contributed by atoms with E-state index in [9.17, 15) is 9.18 Å². The van der Waals surface area contributed by atoms with Crippen LogP contribution in [0.25, 0.3) is 0 Å². The Balaban J connectivity index is 2.25. The highest BCUT2D eigenvalue weighted by molar-refractivity contribution is 8.01. The topological polar surface area (TPSA) is 32.3 Å². The van der Waals surface area contributed by atoms with Crippen molar-refractivity contribution in [2.45, 2.75) is 17.5 Å². The molecule has 1 aromatic carbocycles. The first kappa shape index (κ1) is 13.4. The Morgan fingerprint density at radius 1 is 1.44 bits per heavy atom. The summed E-state index contributed by atoms with van der Waals surface area (Å²) in [6, 6.07) is 6.68. The predicted molar refractivity (Wildman–Crippen MR) is 71.8 cm³/mol. The molecule has 1 heterocycles. The van der Waals surface area contributed by atoms with Crippen LogP contribution in [-0.4, -0.2) is 36.2 Å². The Labute approximate surface area is 111 Å². The van der Waals surface area contributed by atoms with Gasteiger partial charge in [0.1, 0.15) is 11.2 Å². The average molecular weight is 268 g/mol. The number of carbonyl (C=O) groups excluding carboxylic acids is 1. The molecular weight excluding hydrogens is 251 g/mol. The maximum absolute atomic E-state index is 13.8. The van der Waals surface area contributed by atoms with Crippen molar-refractivity contribution < 1.29 is 9.18 Å². The highest BCUT2D eigenvalue weighted by atomic mass is 32.2. The fourth-order valence-corrected chi connectivity index (χ4v) is 3.38. The summed E-state index contributed by atoms with van der Waals surface area (Å²) in [6.07, 6.45) is 0. The molecule has 18 heavy (non-hydrogen) atoms. The van der Waals surface area contributed by atoms with E-state index in [0.29, 0.717) is 18.7 Å². The van der Waals surface area contributed by atoms with Crippen LogP contribution in [0.4, 0.5) is 4.39 Å². The number of carbonyl (C=O) groups is 1. The molecule has 0 spiro atoms. The Hall–Kier alpha value is -1.07. The predicted octanol–water partition coefficient (Wildman–Crippen LogP) is 2.01. The number of thioether (sulfide) groups is 1. The lowest BCUT2D eigenvalue weighted by atomic mass is 10.2. The molecule has 1 N–H and O–H groups in total. The zero-order chi connectivity index (χ0) is 13.1. The van der Waals surface area contributed by atoms with Gasteiger partial charge in [0.2, 0.25) is 5.91 Å². The van der Waals surface area contributed by atoms with Gasteiger partial charge in [-0.05, 0) is 20.0 Å². The minimum Gasteiger partial charge on any atom is -0.324 e. The lowest BCUT2D eigenvalue weighted by molar-refractivity contribution is -0.129. The Morgan fingerprint density at radius 3 is 2.83 bits per heavy atom. The van der Waals surface area contributed by atoms with Crippen LogP contribution >= 0.6 is 11.8 Å². The molecule has 0 aliphatic carbocycles. The quantitative estimate of drug-likeness (QED) is 0.906. The molecule has 98 valence electrons. The first-order valence-corrected chi connectivity index (χ1v) is 6.94. The van der Waals surface area contributed by atoms with Gasteiger partial charge >= 0.3 is 0 Å². The largest absolute Gasteiger partial charge is 0.324 e. The zero-order valence-corrected chi connectivity index (χ0v) is 11.3. The number of halogens is 1. The third kappa shape index (κ3) is 2.52. The van der Waals surface area contributed by atoms with Crippen molar-refractivity contribution >= 4 is 17.7 Å². The summed E-state index contributed by atoms with van der Waals surface area (Å²) in [4.78, 5) is 13.8. The number of hydrogen-bond donors (Lipinski definition) is 1. The lowest BCUT2D eigenvalue weighted by Gasteiger charge is -2.24. The Morgan fingerprint density at radius 2 is 2.17 bits per heavy atom. The number of benzene rings is 1. The molecule has 1 aromatic rings. The van der Waals surface area contributed by atoms with E-state index in [1.165, 1.54) is 17.8 Å². The van der Waals surface area contributed by atoms with Crippen molar-refractivity contribution in [3.8, 4) is 0 Å². The van der Waals surface area contributed by atoms with Crippen molar-refractivity contribution in [3.05, 3.63) is 35.6 Å². The molecule has 2 atom stereocenters. The van der Waals surface area contributed by atoms with Gasteiger partial charge in [-0.3, -0.25) is 4.79 Å². The van der Waals surface area contributed by atoms with Crippen molar-refractivity contribution in [1.29, 1.82) is 0 Å². The zero-order valence-electron chi connectivity index (χ0n) is 10.5. The van der Waals surface area contributed by atoms with E-state index in [1.807, 2.05) is 20.0 Å². The number of rotatable bonds is 4. The van der Waals surface area contributed by atoms with Crippen LogP contribution in [-0.2, 0) is 4.79 Å². The van der Waals surface area contributed by atoms with E-state index in [1.54, 1.807) is 17.0 Å². The van der Waals surface area contributed by atoms with Crippen molar-refractivity contribution in [3.63, 3.8) is 0 Å². The van der Waals surface area contributed by atoms with Crippen LogP contribution in [0.5, 0.6) is 0 Å². The van der Waals surface area contributed by atoms with Gasteiger partial charge in [0.25, 0.3) is 0 Å². The van der Waals surface area contributed by atoms with Gasteiger partial charge < -0.3 is 10.2 Å². The highest BCUT2D eigenvalue weighted by Crippen LogP contribution is 2.43. The van der Waals surface area contributed by atoms with Crippen LogP contribution < -0.4 is 5.32 Å². The van der Waals surface area contributed by atoms with Gasteiger partial charge in [-0.1, -0.05) is 18.2 Å². The van der Waals surface area contributed by atoms with E-state index in [-0.39, 0.29) is 22.3 Å². The molecule has 0 radical (unpaired) electrons. The van der Waals surface area contributed by atoms with Crippen LogP contribution in [0, 0.1) is 5.82 Å². The second kappa shape index (κ2) is 5.71. The van der Waals surface area contributed by atoms with E-state index in [4.69, 9.17) is 0 Å². The van der Waals surface area contributed by atoms with Crippen molar-refractivity contribution in [1.82, 2.24) is 10.2 Å². The van der Waals surface area contributed by atoms with Gasteiger partial charge in [-0.15, -0.1) is 11.8 Å². The number of hydrogen-bond acceptors (Lipinski definition) is 3. The van der Waals surface area contributed by atoms with Crippen LogP contribution in [0.3, 0.4) is 0 Å². The second-order valence-electron chi connectivity index (χ2n) is 4.29. The van der Waals surface area contributed by atoms with E-state index in [0.717, 1.165) is 0 Å². The molecule has 1 saturated heterocycles. The molecule has 1 aliphatic rings. The molecular formula is C13H17FN2OS. The third-order valence-electron chi connectivity index (χ3n) is 3.02. The molecule has 0 unspecified atom stereocenters. The first-order valence-electron chi connectivity index (χ1n) is 6.00. The van der Waals surface area contributed by atoms with Crippen molar-refractivity contribution in [2.24, 2.45) is 0 Å². The first-order chi connectivity index (χ1) is 8.65. The summed E-state index contributed by atoms with van der Waals surface area (Å²) in [5, 5.41) is 2.71. The number of nitrogens with zero attached hydrogens (tertiary/aromatic N) is 1. The maximum Gasteiger partial charge on any atom is 0.236 e. The standard InChI is InChI=1S/C13H17FN2OS/c1-9-12(17)16(8-7-15-2)13(18-9)10-5-3-4-6-11(10)14/h3-6,9,13,15H,7-8H2,1-2H3/t9-,13-/m1/s1. The van der Waals surface area contributed by atoms with Gasteiger partial charge in [-0.2, -0.15) is 0 Å². The summed E-state index contributed by atoms with van der Waals surface area (Å²) < 4.78 is 13.8. The normalized spacial score (nSPS) is 23.7. The molecule has 2 rings (SSSR count). The molecule has 0 bridgehead atoms. The minimum atomic E-state index is -0.244. The van der Waals surface area contributed by atoms with Crippen LogP contribution in [0.1, 0.15) is 17.9 Å². The third-order valence-corrected chi connectivity index (χ3v) is 4.40. The number of likely N-dealkylation sites (N-methyl/N-ethyl adjacent to an activating group) is 1. The molecule has 1 amide bonds. The molecule has 0 saturated carbocycles. The van der Waals surface area contributed by atoms with Gasteiger partial charge in [-0.25, -0.2) is 4.39 Å². The monoisotopic (exact) mass is 268 g/mol. The summed E-state index contributed by atoms with van der Waals surface area (Å²) in [6.45, 7) is 3.19. The van der Waals surface area contributed by atoms with Gasteiger partial charge in [0.05, 0.1) is 5.25 Å². The van der Waals surface area contributed by atoms with Crippen LogP contribution in [0.2, 0.25) is 0 Å². The molecule has 3 nitrogen and oxygen atoms in total. The van der Waals surface area contributed by atoms with Crippen LogP contribution in [0.15, 0.2) is 24.3 Å². The maximum atomic E-state index is 13.8. The summed E-state index contributed by atoms with van der Waals surface area (Å²) in [7, 11) is 1.84. The molecule has 1 fully saturated rings. The molecule has 1 aliphatic heterocycles. The SMILES string of the molecule is CNCCN1C(=O)[C@@H](C)S[C@@H]1c1ccccc1F. The average Bonchev–Trinajstić information content (AvgIpc) is 2.64. The summed E-state index contributed by atoms with van der Waals surface area (Å²) >= 11 is 1.51. The molecule has 0 aromatic heterocycles. The summed E-state index contributed by atoms with van der Waals surface area (Å²) in [5.74, 6) is -0.158. The fourth-order valence-electron chi connectivity index (χ4n) is 2.05. The Bertz CT molecular complexity index is 441. The van der Waals surface area contributed by atoms with Gasteiger partial charge in [0, 0.05) is 18.7 Å².